The van der Waals surface area contributed by atoms with Gasteiger partial charge in [-0.05, 0) is 47.2 Å². The summed E-state index contributed by atoms with van der Waals surface area (Å²) in [5.74, 6) is 0. The van der Waals surface area contributed by atoms with E-state index in [1.54, 1.807) is 13.8 Å². The van der Waals surface area contributed by atoms with Crippen LogP contribution in [0.25, 0.3) is 0 Å². The van der Waals surface area contributed by atoms with Crippen LogP contribution in [0.15, 0.2) is 36.4 Å². The molecule has 27 heavy (non-hydrogen) atoms. The molecule has 0 unspecified atom stereocenters. The molecule has 0 fully saturated rings. The van der Waals surface area contributed by atoms with Crippen molar-refractivity contribution in [3.8, 4) is 0 Å². The second-order valence-electron chi connectivity index (χ2n) is 6.28. The van der Waals surface area contributed by atoms with Gasteiger partial charge in [0.25, 0.3) is 0 Å². The quantitative estimate of drug-likeness (QED) is 0.544. The zero-order chi connectivity index (χ0) is 20.6. The Hall–Kier alpha value is -2.38. The summed E-state index contributed by atoms with van der Waals surface area (Å²) in [6, 6.07) is 5.56. The molecule has 0 aliphatic carbocycles. The highest BCUT2D eigenvalue weighted by Gasteiger charge is 2.72. The normalized spacial score (nSPS) is 13.0. The predicted molar refractivity (Wildman–Crippen MR) is 93.4 cm³/mol. The van der Waals surface area contributed by atoms with E-state index in [-0.39, 0.29) is 11.4 Å². The SMILES string of the molecule is CCc1ccc(C(c2ccc(CC)c(N)c2)(C(F)(F)F)C(F)(F)F)cc1N. The Balaban J connectivity index is 2.92. The number of nitrogen functional groups attached to an aromatic ring is 2. The van der Waals surface area contributed by atoms with E-state index in [1.165, 1.54) is 12.1 Å². The van der Waals surface area contributed by atoms with Crippen molar-refractivity contribution in [2.45, 2.75) is 44.5 Å². The van der Waals surface area contributed by atoms with Crippen LogP contribution in [-0.4, -0.2) is 12.4 Å². The van der Waals surface area contributed by atoms with Crippen LogP contribution in [0, 0.1) is 0 Å². The highest BCUT2D eigenvalue weighted by atomic mass is 19.4. The van der Waals surface area contributed by atoms with Crippen LogP contribution in [0.2, 0.25) is 0 Å². The van der Waals surface area contributed by atoms with Gasteiger partial charge < -0.3 is 11.5 Å². The summed E-state index contributed by atoms with van der Waals surface area (Å²) in [5.41, 5.74) is 5.91. The molecule has 2 rings (SSSR count). The summed E-state index contributed by atoms with van der Waals surface area (Å²) in [7, 11) is 0. The lowest BCUT2D eigenvalue weighted by Crippen LogP contribution is -2.54. The standard InChI is InChI=1S/C19H20F6N2/c1-3-11-5-7-13(9-15(11)26)17(18(20,21)22,19(23,24)25)14-8-6-12(4-2)16(27)10-14/h5-10H,3-4,26-27H2,1-2H3. The van der Waals surface area contributed by atoms with Crippen molar-refractivity contribution in [2.75, 3.05) is 11.5 Å². The van der Waals surface area contributed by atoms with E-state index in [4.69, 9.17) is 11.5 Å². The number of nitrogens with two attached hydrogens (primary N) is 2. The molecule has 0 saturated carbocycles. The summed E-state index contributed by atoms with van der Waals surface area (Å²) in [6.07, 6.45) is -10.6. The third-order valence-corrected chi connectivity index (χ3v) is 4.77. The zero-order valence-electron chi connectivity index (χ0n) is 14.8. The average Bonchev–Trinajstić information content (AvgIpc) is 2.53. The number of halogens is 6. The smallest absolute Gasteiger partial charge is 0.398 e. The lowest BCUT2D eigenvalue weighted by atomic mass is 9.72. The first-order valence-electron chi connectivity index (χ1n) is 8.31. The summed E-state index contributed by atoms with van der Waals surface area (Å²) in [6.45, 7) is 3.41. The second kappa shape index (κ2) is 6.98. The molecule has 148 valence electrons. The first kappa shape index (κ1) is 20.9. The minimum Gasteiger partial charge on any atom is -0.398 e. The fraction of sp³-hybridized carbons (Fsp3) is 0.368. The Morgan fingerprint density at radius 1 is 0.667 bits per heavy atom. The van der Waals surface area contributed by atoms with Gasteiger partial charge >= 0.3 is 12.4 Å². The van der Waals surface area contributed by atoms with Gasteiger partial charge in [-0.3, -0.25) is 0 Å². The first-order valence-corrected chi connectivity index (χ1v) is 8.31. The van der Waals surface area contributed by atoms with Crippen molar-refractivity contribution in [1.82, 2.24) is 0 Å². The van der Waals surface area contributed by atoms with E-state index in [2.05, 4.69) is 0 Å². The molecule has 0 saturated heterocycles. The molecule has 0 atom stereocenters. The molecule has 0 aromatic heterocycles. The van der Waals surface area contributed by atoms with Gasteiger partial charge in [-0.2, -0.15) is 26.3 Å². The topological polar surface area (TPSA) is 52.0 Å². The van der Waals surface area contributed by atoms with Gasteiger partial charge in [0.05, 0.1) is 0 Å². The van der Waals surface area contributed by atoms with E-state index < -0.39 is 28.9 Å². The molecule has 0 aliphatic rings. The number of alkyl halides is 6. The van der Waals surface area contributed by atoms with Crippen molar-refractivity contribution in [3.05, 3.63) is 58.7 Å². The van der Waals surface area contributed by atoms with Crippen LogP contribution in [0.4, 0.5) is 37.7 Å². The van der Waals surface area contributed by atoms with Gasteiger partial charge in [0.15, 0.2) is 0 Å². The average molecular weight is 390 g/mol. The first-order chi connectivity index (χ1) is 12.4. The maximum atomic E-state index is 14.1. The molecule has 0 aliphatic heterocycles. The van der Waals surface area contributed by atoms with Crippen LogP contribution in [0.1, 0.15) is 36.1 Å². The lowest BCUT2D eigenvalue weighted by Gasteiger charge is -2.38. The maximum Gasteiger partial charge on any atom is 0.411 e. The van der Waals surface area contributed by atoms with E-state index in [9.17, 15) is 26.3 Å². The van der Waals surface area contributed by atoms with E-state index in [0.29, 0.717) is 24.0 Å². The van der Waals surface area contributed by atoms with Gasteiger partial charge in [0.2, 0.25) is 5.41 Å². The van der Waals surface area contributed by atoms with E-state index in [0.717, 1.165) is 24.3 Å². The fourth-order valence-electron chi connectivity index (χ4n) is 3.28. The summed E-state index contributed by atoms with van der Waals surface area (Å²) < 4.78 is 84.4. The number of hydrogen-bond donors (Lipinski definition) is 2. The monoisotopic (exact) mass is 390 g/mol. The zero-order valence-corrected chi connectivity index (χ0v) is 14.8. The number of aryl methyl sites for hydroxylation is 2. The van der Waals surface area contributed by atoms with Gasteiger partial charge in [-0.1, -0.05) is 38.1 Å². The second-order valence-corrected chi connectivity index (χ2v) is 6.28. The van der Waals surface area contributed by atoms with Crippen LogP contribution in [0.3, 0.4) is 0 Å². The molecule has 2 aromatic carbocycles. The third-order valence-electron chi connectivity index (χ3n) is 4.77. The number of anilines is 2. The third kappa shape index (κ3) is 3.33. The van der Waals surface area contributed by atoms with Crippen LogP contribution >= 0.6 is 0 Å². The van der Waals surface area contributed by atoms with Crippen molar-refractivity contribution < 1.29 is 26.3 Å². The van der Waals surface area contributed by atoms with Crippen molar-refractivity contribution in [1.29, 1.82) is 0 Å². The summed E-state index contributed by atoms with van der Waals surface area (Å²) >= 11 is 0. The molecule has 4 N–H and O–H groups in total. The number of rotatable bonds is 4. The van der Waals surface area contributed by atoms with E-state index in [1.807, 2.05) is 0 Å². The molecule has 2 aromatic rings. The molecule has 2 nitrogen and oxygen atoms in total. The molecule has 0 amide bonds. The molecule has 0 spiro atoms. The Kier molecular flexibility index (Phi) is 5.41. The van der Waals surface area contributed by atoms with Crippen molar-refractivity contribution in [2.24, 2.45) is 0 Å². The molecule has 0 radical (unpaired) electrons. The Bertz CT molecular complexity index is 754. The van der Waals surface area contributed by atoms with Gasteiger partial charge in [-0.15, -0.1) is 0 Å². The predicted octanol–water partition coefficient (Wildman–Crippen LogP) is 5.39. The van der Waals surface area contributed by atoms with Crippen LogP contribution in [-0.2, 0) is 18.3 Å². The van der Waals surface area contributed by atoms with Crippen LogP contribution in [0.5, 0.6) is 0 Å². The van der Waals surface area contributed by atoms with Crippen molar-refractivity contribution in [3.63, 3.8) is 0 Å². The number of hydrogen-bond acceptors (Lipinski definition) is 2. The largest absolute Gasteiger partial charge is 0.411 e. The van der Waals surface area contributed by atoms with Gasteiger partial charge in [0.1, 0.15) is 0 Å². The maximum absolute atomic E-state index is 14.1. The van der Waals surface area contributed by atoms with Gasteiger partial charge in [0, 0.05) is 11.4 Å². The summed E-state index contributed by atoms with van der Waals surface area (Å²) in [4.78, 5) is 0. The molecule has 0 heterocycles. The highest BCUT2D eigenvalue weighted by molar-refractivity contribution is 5.58. The molecular weight excluding hydrogens is 370 g/mol. The Morgan fingerprint density at radius 2 is 1.00 bits per heavy atom. The van der Waals surface area contributed by atoms with Crippen molar-refractivity contribution >= 4 is 11.4 Å². The fourth-order valence-corrected chi connectivity index (χ4v) is 3.28. The van der Waals surface area contributed by atoms with Crippen LogP contribution < -0.4 is 11.5 Å². The molecular formula is C19H20F6N2. The number of benzene rings is 2. The minimum atomic E-state index is -5.66. The van der Waals surface area contributed by atoms with Gasteiger partial charge in [-0.25, -0.2) is 0 Å². The Labute approximate surface area is 153 Å². The Morgan fingerprint density at radius 3 is 1.22 bits per heavy atom. The molecule has 0 bridgehead atoms. The van der Waals surface area contributed by atoms with E-state index >= 15 is 0 Å². The highest BCUT2D eigenvalue weighted by Crippen LogP contribution is 2.56. The lowest BCUT2D eigenvalue weighted by molar-refractivity contribution is -0.288. The molecule has 8 heteroatoms. The summed E-state index contributed by atoms with van der Waals surface area (Å²) in [5, 5.41) is 0. The minimum absolute atomic E-state index is 0.119.